The maximum Gasteiger partial charge on any atom is 0.433 e. The monoisotopic (exact) mass is 391 g/mol. The number of halogens is 3. The molecule has 0 aliphatic heterocycles. The van der Waals surface area contributed by atoms with Crippen LogP contribution in [0.1, 0.15) is 18.2 Å². The number of alkyl halides is 3. The first-order valence-electron chi connectivity index (χ1n) is 8.31. The first-order valence-corrected chi connectivity index (χ1v) is 8.31. The van der Waals surface area contributed by atoms with Gasteiger partial charge in [0.15, 0.2) is 5.65 Å². The van der Waals surface area contributed by atoms with Crippen LogP contribution in [0.3, 0.4) is 0 Å². The number of hydrogen-bond acceptors (Lipinski definition) is 6. The molecule has 0 unspecified atom stereocenters. The molecule has 0 aliphatic carbocycles. The second kappa shape index (κ2) is 8.03. The number of anilines is 2. The van der Waals surface area contributed by atoms with Crippen molar-refractivity contribution in [3.63, 3.8) is 0 Å². The highest BCUT2D eigenvalue weighted by molar-refractivity contribution is 5.91. The Kier molecular flexibility index (Phi) is 5.52. The minimum atomic E-state index is -4.57. The zero-order valence-corrected chi connectivity index (χ0v) is 14.7. The number of nitrogens with one attached hydrogen (secondary N) is 3. The molecule has 0 saturated carbocycles. The Labute approximate surface area is 157 Å². The van der Waals surface area contributed by atoms with Gasteiger partial charge >= 0.3 is 12.2 Å². The summed E-state index contributed by atoms with van der Waals surface area (Å²) in [6.07, 6.45) is -1.97. The largest absolute Gasteiger partial charge is 0.433 e. The maximum absolute atomic E-state index is 13.1. The fraction of sp³-hybridized carbons (Fsp3) is 0.235. The number of carbonyl (C=O) groups excluding carboxylic acids is 1. The molecular weight excluding hydrogens is 375 g/mol. The molecule has 0 fully saturated rings. The predicted octanol–water partition coefficient (Wildman–Crippen LogP) is 3.19. The summed E-state index contributed by atoms with van der Waals surface area (Å²) in [7, 11) is 0. The molecule has 0 atom stereocenters. The van der Waals surface area contributed by atoms with Gasteiger partial charge in [-0.05, 0) is 25.1 Å². The Morgan fingerprint density at radius 1 is 1.11 bits per heavy atom. The van der Waals surface area contributed by atoms with Gasteiger partial charge in [0.25, 0.3) is 0 Å². The van der Waals surface area contributed by atoms with Gasteiger partial charge in [-0.2, -0.15) is 23.1 Å². The van der Waals surface area contributed by atoms with Crippen molar-refractivity contribution in [3.8, 4) is 0 Å². The van der Waals surface area contributed by atoms with Crippen molar-refractivity contribution >= 4 is 28.8 Å². The van der Waals surface area contributed by atoms with Crippen LogP contribution >= 0.6 is 0 Å². The molecule has 0 bridgehead atoms. The fourth-order valence-corrected chi connectivity index (χ4v) is 2.47. The van der Waals surface area contributed by atoms with Gasteiger partial charge in [0.05, 0.1) is 5.39 Å². The standard InChI is InChI=1S/C17H16F3N7O/c1-2-21-16(28)27-15-25-13-11(6-4-8-23-13)14(26-15)24-9-10-5-3-7-22-12(10)17(18,19)20/h3-8H,2,9H2,1H3,(H3,21,23,24,25,26,27,28). The van der Waals surface area contributed by atoms with Crippen molar-refractivity contribution in [1.82, 2.24) is 25.3 Å². The molecule has 0 aromatic carbocycles. The molecule has 0 aliphatic rings. The molecule has 2 amide bonds. The van der Waals surface area contributed by atoms with Gasteiger partial charge in [0.2, 0.25) is 5.95 Å². The molecule has 11 heteroatoms. The Hall–Kier alpha value is -3.50. The van der Waals surface area contributed by atoms with Gasteiger partial charge in [-0.1, -0.05) is 6.07 Å². The second-order valence-electron chi connectivity index (χ2n) is 5.62. The summed E-state index contributed by atoms with van der Waals surface area (Å²) in [5.74, 6) is 0.212. The van der Waals surface area contributed by atoms with Crippen molar-refractivity contribution in [2.75, 3.05) is 17.2 Å². The third kappa shape index (κ3) is 4.42. The van der Waals surface area contributed by atoms with Crippen LogP contribution in [-0.2, 0) is 12.7 Å². The molecule has 3 aromatic rings. The van der Waals surface area contributed by atoms with Crippen molar-refractivity contribution in [1.29, 1.82) is 0 Å². The second-order valence-corrected chi connectivity index (χ2v) is 5.62. The third-order valence-electron chi connectivity index (χ3n) is 3.64. The lowest BCUT2D eigenvalue weighted by Crippen LogP contribution is -2.29. The van der Waals surface area contributed by atoms with Crippen molar-refractivity contribution < 1.29 is 18.0 Å². The van der Waals surface area contributed by atoms with E-state index in [4.69, 9.17) is 0 Å². The molecule has 0 saturated heterocycles. The number of urea groups is 1. The average Bonchev–Trinajstić information content (AvgIpc) is 2.65. The Morgan fingerprint density at radius 3 is 2.61 bits per heavy atom. The van der Waals surface area contributed by atoms with E-state index < -0.39 is 17.9 Å². The summed E-state index contributed by atoms with van der Waals surface area (Å²) >= 11 is 0. The van der Waals surface area contributed by atoms with E-state index in [0.29, 0.717) is 11.9 Å². The predicted molar refractivity (Wildman–Crippen MR) is 96.6 cm³/mol. The van der Waals surface area contributed by atoms with E-state index in [-0.39, 0.29) is 29.5 Å². The molecule has 3 rings (SSSR count). The first kappa shape index (κ1) is 19.3. The van der Waals surface area contributed by atoms with Gasteiger partial charge in [-0.15, -0.1) is 0 Å². The van der Waals surface area contributed by atoms with Gasteiger partial charge in [0, 0.05) is 31.0 Å². The summed E-state index contributed by atoms with van der Waals surface area (Å²) in [5, 5.41) is 8.36. The van der Waals surface area contributed by atoms with Crippen LogP contribution in [0.2, 0.25) is 0 Å². The number of fused-ring (bicyclic) bond motifs is 1. The minimum Gasteiger partial charge on any atom is -0.365 e. The van der Waals surface area contributed by atoms with Crippen LogP contribution in [0.5, 0.6) is 0 Å². The Morgan fingerprint density at radius 2 is 1.86 bits per heavy atom. The summed E-state index contributed by atoms with van der Waals surface area (Å²) in [4.78, 5) is 27.6. The third-order valence-corrected chi connectivity index (χ3v) is 3.64. The summed E-state index contributed by atoms with van der Waals surface area (Å²) in [5.41, 5.74) is -0.724. The minimum absolute atomic E-state index is 0.0260. The van der Waals surface area contributed by atoms with E-state index in [2.05, 4.69) is 35.9 Å². The number of pyridine rings is 2. The van der Waals surface area contributed by atoms with Gasteiger partial charge in [-0.25, -0.2) is 9.78 Å². The highest BCUT2D eigenvalue weighted by Gasteiger charge is 2.34. The first-order chi connectivity index (χ1) is 13.4. The molecule has 146 valence electrons. The number of nitrogens with zero attached hydrogens (tertiary/aromatic N) is 4. The zero-order valence-electron chi connectivity index (χ0n) is 14.7. The van der Waals surface area contributed by atoms with E-state index in [1.165, 1.54) is 18.3 Å². The fourth-order valence-electron chi connectivity index (χ4n) is 2.47. The quantitative estimate of drug-likeness (QED) is 0.617. The topological polar surface area (TPSA) is 105 Å². The van der Waals surface area contributed by atoms with E-state index in [1.807, 2.05) is 0 Å². The van der Waals surface area contributed by atoms with Crippen LogP contribution in [0, 0.1) is 0 Å². The number of rotatable bonds is 5. The van der Waals surface area contributed by atoms with E-state index in [1.54, 1.807) is 19.1 Å². The SMILES string of the molecule is CCNC(=O)Nc1nc(NCc2cccnc2C(F)(F)F)c2cccnc2n1. The number of amides is 2. The molecule has 3 heterocycles. The molecule has 28 heavy (non-hydrogen) atoms. The lowest BCUT2D eigenvalue weighted by molar-refractivity contribution is -0.141. The molecule has 0 radical (unpaired) electrons. The van der Waals surface area contributed by atoms with Crippen LogP contribution in [0.15, 0.2) is 36.7 Å². The zero-order chi connectivity index (χ0) is 20.1. The molecule has 8 nitrogen and oxygen atoms in total. The van der Waals surface area contributed by atoms with Gasteiger partial charge in [-0.3, -0.25) is 10.3 Å². The van der Waals surface area contributed by atoms with E-state index in [0.717, 1.165) is 6.20 Å². The molecule has 3 N–H and O–H groups in total. The van der Waals surface area contributed by atoms with E-state index in [9.17, 15) is 18.0 Å². The van der Waals surface area contributed by atoms with Crippen LogP contribution in [0.4, 0.5) is 29.7 Å². The van der Waals surface area contributed by atoms with Crippen LogP contribution in [0.25, 0.3) is 11.0 Å². The van der Waals surface area contributed by atoms with Crippen LogP contribution < -0.4 is 16.0 Å². The van der Waals surface area contributed by atoms with Gasteiger partial charge < -0.3 is 10.6 Å². The molecular formula is C17H16F3N7O. The van der Waals surface area contributed by atoms with Crippen LogP contribution in [-0.4, -0.2) is 32.5 Å². The average molecular weight is 391 g/mol. The highest BCUT2D eigenvalue weighted by atomic mass is 19.4. The number of carbonyl (C=O) groups is 1. The van der Waals surface area contributed by atoms with Crippen molar-refractivity contribution in [2.45, 2.75) is 19.6 Å². The van der Waals surface area contributed by atoms with Crippen molar-refractivity contribution in [2.24, 2.45) is 0 Å². The molecule has 3 aromatic heterocycles. The highest BCUT2D eigenvalue weighted by Crippen LogP contribution is 2.30. The lowest BCUT2D eigenvalue weighted by Gasteiger charge is -2.14. The van der Waals surface area contributed by atoms with E-state index >= 15 is 0 Å². The summed E-state index contributed by atoms with van der Waals surface area (Å²) < 4.78 is 39.4. The maximum atomic E-state index is 13.1. The van der Waals surface area contributed by atoms with Crippen molar-refractivity contribution in [3.05, 3.63) is 47.9 Å². The Bertz CT molecular complexity index is 994. The number of aromatic nitrogens is 4. The Balaban J connectivity index is 1.91. The normalized spacial score (nSPS) is 11.3. The summed E-state index contributed by atoms with van der Waals surface area (Å²) in [6, 6.07) is 5.58. The number of hydrogen-bond donors (Lipinski definition) is 3. The smallest absolute Gasteiger partial charge is 0.365 e. The van der Waals surface area contributed by atoms with Gasteiger partial charge in [0.1, 0.15) is 11.5 Å². The summed E-state index contributed by atoms with van der Waals surface area (Å²) in [6.45, 7) is 1.98. The molecule has 0 spiro atoms. The lowest BCUT2D eigenvalue weighted by atomic mass is 10.2.